The highest BCUT2D eigenvalue weighted by Crippen LogP contribution is 2.37. The van der Waals surface area contributed by atoms with Crippen LogP contribution in [-0.4, -0.2) is 54.8 Å². The van der Waals surface area contributed by atoms with Gasteiger partial charge in [-0.05, 0) is 23.6 Å². The fraction of sp³-hybridized carbons (Fsp3) is 0.348. The van der Waals surface area contributed by atoms with Crippen molar-refractivity contribution in [2.75, 3.05) is 35.2 Å². The van der Waals surface area contributed by atoms with Gasteiger partial charge in [-0.15, -0.1) is 11.3 Å². The number of nitrogens with zero attached hydrogens (tertiary/aromatic N) is 2. The third-order valence-electron chi connectivity index (χ3n) is 5.44. The molecule has 33 heavy (non-hydrogen) atoms. The number of hydrogen-bond donors (Lipinski definition) is 2. The van der Waals surface area contributed by atoms with Crippen molar-refractivity contribution in [2.24, 2.45) is 0 Å². The van der Waals surface area contributed by atoms with Crippen LogP contribution in [0, 0.1) is 0 Å². The lowest BCUT2D eigenvalue weighted by molar-refractivity contribution is 0.0771. The average Bonchev–Trinajstić information content (AvgIpc) is 3.18. The number of thiophene rings is 1. The molecule has 174 valence electrons. The van der Waals surface area contributed by atoms with E-state index < -0.39 is 15.9 Å². The summed E-state index contributed by atoms with van der Waals surface area (Å²) in [5, 5.41) is 6.99. The van der Waals surface area contributed by atoms with E-state index in [1.54, 1.807) is 18.3 Å². The molecular formula is C23H26N4O4S2. The van der Waals surface area contributed by atoms with Crippen LogP contribution in [0.15, 0.2) is 42.6 Å². The number of para-hydroxylation sites is 1. The van der Waals surface area contributed by atoms with Crippen molar-refractivity contribution < 1.29 is 18.0 Å². The van der Waals surface area contributed by atoms with Crippen molar-refractivity contribution in [3.63, 3.8) is 0 Å². The number of anilines is 2. The van der Waals surface area contributed by atoms with Crippen LogP contribution in [0.4, 0.5) is 15.5 Å². The molecule has 0 radical (unpaired) electrons. The van der Waals surface area contributed by atoms with E-state index in [0.717, 1.165) is 10.3 Å². The Morgan fingerprint density at radius 1 is 1.06 bits per heavy atom. The van der Waals surface area contributed by atoms with E-state index in [-0.39, 0.29) is 35.9 Å². The highest BCUT2D eigenvalue weighted by molar-refractivity contribution is 7.91. The van der Waals surface area contributed by atoms with Crippen LogP contribution in [-0.2, 0) is 15.3 Å². The number of sulfone groups is 1. The number of pyridine rings is 1. The molecule has 0 aliphatic carbocycles. The maximum Gasteiger partial charge on any atom is 0.324 e. The zero-order valence-corrected chi connectivity index (χ0v) is 20.3. The number of amides is 3. The van der Waals surface area contributed by atoms with E-state index in [4.69, 9.17) is 0 Å². The first-order valence-corrected chi connectivity index (χ1v) is 13.2. The number of benzene rings is 1. The topological polar surface area (TPSA) is 108 Å². The number of aromatic nitrogens is 1. The number of rotatable bonds is 3. The Morgan fingerprint density at radius 3 is 2.45 bits per heavy atom. The van der Waals surface area contributed by atoms with Gasteiger partial charge >= 0.3 is 6.03 Å². The van der Waals surface area contributed by atoms with Crippen LogP contribution in [0.25, 0.3) is 10.9 Å². The van der Waals surface area contributed by atoms with Crippen molar-refractivity contribution in [3.8, 4) is 0 Å². The minimum atomic E-state index is -3.11. The molecule has 1 fully saturated rings. The molecule has 10 heteroatoms. The fourth-order valence-corrected chi connectivity index (χ4v) is 5.86. The number of carbonyl (C=O) groups is 2. The molecule has 2 aromatic heterocycles. The summed E-state index contributed by atoms with van der Waals surface area (Å²) in [6.45, 7) is 6.40. The van der Waals surface area contributed by atoms with E-state index in [2.05, 4.69) is 15.6 Å². The maximum absolute atomic E-state index is 13.2. The van der Waals surface area contributed by atoms with Gasteiger partial charge < -0.3 is 10.2 Å². The van der Waals surface area contributed by atoms with Crippen molar-refractivity contribution in [1.29, 1.82) is 0 Å². The largest absolute Gasteiger partial charge is 0.337 e. The second-order valence-corrected chi connectivity index (χ2v) is 12.4. The molecule has 0 unspecified atom stereocenters. The molecule has 8 nitrogen and oxygen atoms in total. The minimum Gasteiger partial charge on any atom is -0.337 e. The molecule has 4 rings (SSSR count). The highest BCUT2D eigenvalue weighted by Gasteiger charge is 2.30. The van der Waals surface area contributed by atoms with Gasteiger partial charge in [-0.2, -0.15) is 0 Å². The summed E-state index contributed by atoms with van der Waals surface area (Å²) in [6, 6.07) is 10.6. The van der Waals surface area contributed by atoms with Gasteiger partial charge in [-0.1, -0.05) is 39.0 Å². The van der Waals surface area contributed by atoms with E-state index in [0.29, 0.717) is 21.8 Å². The van der Waals surface area contributed by atoms with Crippen LogP contribution in [0.3, 0.4) is 0 Å². The highest BCUT2D eigenvalue weighted by atomic mass is 32.2. The van der Waals surface area contributed by atoms with Crippen LogP contribution in [0.2, 0.25) is 0 Å². The lowest BCUT2D eigenvalue weighted by atomic mass is 9.94. The molecule has 3 aromatic rings. The van der Waals surface area contributed by atoms with Gasteiger partial charge in [0.05, 0.1) is 28.3 Å². The second kappa shape index (κ2) is 8.75. The van der Waals surface area contributed by atoms with Gasteiger partial charge in [0.2, 0.25) is 0 Å². The summed E-state index contributed by atoms with van der Waals surface area (Å²) in [5.41, 5.74) is 1.38. The van der Waals surface area contributed by atoms with E-state index >= 15 is 0 Å². The third kappa shape index (κ3) is 5.17. The van der Waals surface area contributed by atoms with Gasteiger partial charge in [0.25, 0.3) is 5.91 Å². The van der Waals surface area contributed by atoms with Crippen LogP contribution in [0.5, 0.6) is 0 Å². The van der Waals surface area contributed by atoms with Crippen molar-refractivity contribution in [3.05, 3.63) is 53.0 Å². The molecule has 0 spiro atoms. The molecule has 0 bridgehead atoms. The van der Waals surface area contributed by atoms with Crippen molar-refractivity contribution >= 4 is 54.7 Å². The summed E-state index contributed by atoms with van der Waals surface area (Å²) in [7, 11) is -3.11. The standard InChI is InChI=1S/C23H26N4O4S2/c1-23(2,3)18-14-16(21(28)27-10-12-33(30,31)13-11-27)20(32-18)26-22(29)25-17-8-4-6-15-7-5-9-24-19(15)17/h4-9,14H,10-13H2,1-3H3,(H2,25,26,29). The number of fused-ring (bicyclic) bond motifs is 1. The molecule has 1 saturated heterocycles. The maximum atomic E-state index is 13.2. The molecule has 2 N–H and O–H groups in total. The predicted octanol–water partition coefficient (Wildman–Crippen LogP) is 4.11. The van der Waals surface area contributed by atoms with Gasteiger partial charge in [0.1, 0.15) is 5.00 Å². The Morgan fingerprint density at radius 2 is 1.76 bits per heavy atom. The number of hydrogen-bond acceptors (Lipinski definition) is 6. The molecule has 1 aromatic carbocycles. The summed E-state index contributed by atoms with van der Waals surface area (Å²) in [5.74, 6) is -0.377. The molecule has 0 atom stereocenters. The van der Waals surface area contributed by atoms with E-state index in [1.165, 1.54) is 16.2 Å². The van der Waals surface area contributed by atoms with Gasteiger partial charge in [-0.25, -0.2) is 13.2 Å². The van der Waals surface area contributed by atoms with Crippen molar-refractivity contribution in [2.45, 2.75) is 26.2 Å². The lowest BCUT2D eigenvalue weighted by Crippen LogP contribution is -2.43. The normalized spacial score (nSPS) is 15.9. The zero-order valence-electron chi connectivity index (χ0n) is 18.7. The first-order valence-electron chi connectivity index (χ1n) is 10.6. The molecule has 1 aliphatic heterocycles. The fourth-order valence-electron chi connectivity index (χ4n) is 3.56. The Labute approximate surface area is 196 Å². The van der Waals surface area contributed by atoms with Gasteiger partial charge in [0.15, 0.2) is 9.84 Å². The molecule has 0 saturated carbocycles. The summed E-state index contributed by atoms with van der Waals surface area (Å²) in [6.07, 6.45) is 1.66. The van der Waals surface area contributed by atoms with Gasteiger partial charge in [-0.3, -0.25) is 15.1 Å². The monoisotopic (exact) mass is 486 g/mol. The Bertz CT molecular complexity index is 1310. The van der Waals surface area contributed by atoms with Crippen LogP contribution in [0.1, 0.15) is 36.0 Å². The van der Waals surface area contributed by atoms with Crippen molar-refractivity contribution in [1.82, 2.24) is 9.88 Å². The molecule has 1 aliphatic rings. The smallest absolute Gasteiger partial charge is 0.324 e. The Kier molecular flexibility index (Phi) is 6.15. The summed E-state index contributed by atoms with van der Waals surface area (Å²) >= 11 is 1.35. The molecular weight excluding hydrogens is 460 g/mol. The number of nitrogens with one attached hydrogen (secondary N) is 2. The second-order valence-electron chi connectivity index (χ2n) is 9.01. The third-order valence-corrected chi connectivity index (χ3v) is 8.53. The first-order chi connectivity index (χ1) is 15.5. The van der Waals surface area contributed by atoms with E-state index in [1.807, 2.05) is 45.0 Å². The quantitative estimate of drug-likeness (QED) is 0.579. The molecule has 3 amide bonds. The first kappa shape index (κ1) is 23.2. The summed E-state index contributed by atoms with van der Waals surface area (Å²) < 4.78 is 23.5. The van der Waals surface area contributed by atoms with Crippen LogP contribution >= 0.6 is 11.3 Å². The lowest BCUT2D eigenvalue weighted by Gasteiger charge is -2.26. The molecule has 3 heterocycles. The Hall–Kier alpha value is -2.98. The average molecular weight is 487 g/mol. The number of urea groups is 1. The summed E-state index contributed by atoms with van der Waals surface area (Å²) in [4.78, 5) is 32.9. The van der Waals surface area contributed by atoms with Gasteiger partial charge in [0, 0.05) is 29.5 Å². The van der Waals surface area contributed by atoms with Crippen LogP contribution < -0.4 is 10.6 Å². The predicted molar refractivity (Wildman–Crippen MR) is 132 cm³/mol. The van der Waals surface area contributed by atoms with E-state index in [9.17, 15) is 18.0 Å². The Balaban J connectivity index is 1.59. The zero-order chi connectivity index (χ0) is 23.8. The minimum absolute atomic E-state index is 0.0493. The number of carbonyl (C=O) groups excluding carboxylic acids is 2. The SMILES string of the molecule is CC(C)(C)c1cc(C(=O)N2CCS(=O)(=O)CC2)c(NC(=O)Nc2cccc3cccnc23)s1.